The third-order valence-corrected chi connectivity index (χ3v) is 8.28. The van der Waals surface area contributed by atoms with E-state index in [0.29, 0.717) is 10.1 Å². The fourth-order valence-electron chi connectivity index (χ4n) is 2.41. The fraction of sp³-hybridized carbons (Fsp3) is 0.105. The van der Waals surface area contributed by atoms with Gasteiger partial charge in [-0.1, -0.05) is 70.6 Å². The van der Waals surface area contributed by atoms with Gasteiger partial charge >= 0.3 is 0 Å². The summed E-state index contributed by atoms with van der Waals surface area (Å²) in [6.45, 7) is 3.14. The van der Waals surface area contributed by atoms with Gasteiger partial charge in [-0.25, -0.2) is 8.42 Å². The Bertz CT molecular complexity index is 1190. The zero-order chi connectivity index (χ0) is 22.4. The molecule has 162 valence electrons. The molecule has 3 aromatic rings. The number of aromatic nitrogens is 2. The van der Waals surface area contributed by atoms with Crippen molar-refractivity contribution in [2.75, 3.05) is 21.9 Å². The van der Waals surface area contributed by atoms with E-state index >= 15 is 0 Å². The van der Waals surface area contributed by atoms with Crippen LogP contribution in [-0.4, -0.2) is 36.8 Å². The predicted molar refractivity (Wildman–Crippen MR) is 127 cm³/mol. The van der Waals surface area contributed by atoms with E-state index < -0.39 is 22.5 Å². The minimum Gasteiger partial charge on any atom is -0.299 e. The van der Waals surface area contributed by atoms with Crippen LogP contribution in [0.25, 0.3) is 0 Å². The van der Waals surface area contributed by atoms with Crippen molar-refractivity contribution in [3.05, 3.63) is 71.2 Å². The summed E-state index contributed by atoms with van der Waals surface area (Å²) in [6.07, 6.45) is 1.73. The number of rotatable bonds is 9. The van der Waals surface area contributed by atoms with Crippen LogP contribution in [-0.2, 0) is 14.8 Å². The Morgan fingerprint density at radius 3 is 2.58 bits per heavy atom. The highest BCUT2D eigenvalue weighted by atomic mass is 35.5. The number of carbonyl (C=O) groups is 1. The first kappa shape index (κ1) is 23.6. The third-order valence-electron chi connectivity index (χ3n) is 3.79. The van der Waals surface area contributed by atoms with Crippen LogP contribution in [0.2, 0.25) is 10.0 Å². The topological polar surface area (TPSA) is 92.3 Å². The van der Waals surface area contributed by atoms with E-state index in [1.165, 1.54) is 53.4 Å². The van der Waals surface area contributed by atoms with E-state index in [2.05, 4.69) is 22.1 Å². The summed E-state index contributed by atoms with van der Waals surface area (Å²) in [5.41, 5.74) is 0.202. The average Bonchev–Trinajstić information content (AvgIpc) is 3.20. The summed E-state index contributed by atoms with van der Waals surface area (Å²) in [5.74, 6) is 0.0743. The van der Waals surface area contributed by atoms with E-state index in [9.17, 15) is 13.2 Å². The van der Waals surface area contributed by atoms with E-state index in [1.807, 2.05) is 0 Å². The van der Waals surface area contributed by atoms with Gasteiger partial charge in [-0.2, -0.15) is 0 Å². The molecule has 0 saturated carbocycles. The normalized spacial score (nSPS) is 11.2. The minimum absolute atomic E-state index is 0.0351. The predicted octanol–water partition coefficient (Wildman–Crippen LogP) is 4.96. The van der Waals surface area contributed by atoms with Crippen molar-refractivity contribution >= 4 is 73.0 Å². The number of anilines is 2. The number of hydrogen-bond donors (Lipinski definition) is 1. The molecule has 0 aliphatic carbocycles. The first-order chi connectivity index (χ1) is 14.8. The minimum atomic E-state index is -4.05. The lowest BCUT2D eigenvalue weighted by atomic mass is 10.3. The third kappa shape index (κ3) is 5.98. The molecule has 0 fully saturated rings. The van der Waals surface area contributed by atoms with E-state index in [1.54, 1.807) is 24.3 Å². The summed E-state index contributed by atoms with van der Waals surface area (Å²) >= 11 is 14.7. The molecule has 0 atom stereocenters. The van der Waals surface area contributed by atoms with Crippen LogP contribution < -0.4 is 9.62 Å². The number of nitrogens with zero attached hydrogens (tertiary/aromatic N) is 3. The van der Waals surface area contributed by atoms with Crippen LogP contribution in [0.15, 0.2) is 70.4 Å². The number of benzene rings is 2. The highest BCUT2D eigenvalue weighted by molar-refractivity contribution is 8.01. The van der Waals surface area contributed by atoms with Gasteiger partial charge in [-0.05, 0) is 30.3 Å². The molecule has 1 N–H and O–H groups in total. The van der Waals surface area contributed by atoms with E-state index in [-0.39, 0.29) is 25.8 Å². The quantitative estimate of drug-likeness (QED) is 0.246. The molecule has 12 heteroatoms. The second-order valence-corrected chi connectivity index (χ2v) is 10.9. The van der Waals surface area contributed by atoms with Gasteiger partial charge in [0.25, 0.3) is 10.0 Å². The van der Waals surface area contributed by atoms with Crippen molar-refractivity contribution in [1.29, 1.82) is 0 Å². The molecular weight excluding hydrogens is 499 g/mol. The van der Waals surface area contributed by atoms with Gasteiger partial charge in [-0.15, -0.1) is 16.8 Å². The molecule has 1 aromatic heterocycles. The molecule has 0 saturated heterocycles. The Kier molecular flexibility index (Phi) is 7.95. The number of halogens is 2. The Morgan fingerprint density at radius 1 is 1.16 bits per heavy atom. The molecule has 31 heavy (non-hydrogen) atoms. The number of nitrogens with one attached hydrogen (secondary N) is 1. The molecule has 7 nitrogen and oxygen atoms in total. The number of hydrogen-bond acceptors (Lipinski definition) is 7. The Labute approximate surface area is 198 Å². The van der Waals surface area contributed by atoms with Gasteiger partial charge in [0.2, 0.25) is 11.0 Å². The van der Waals surface area contributed by atoms with E-state index in [0.717, 1.165) is 4.31 Å². The van der Waals surface area contributed by atoms with Crippen molar-refractivity contribution in [1.82, 2.24) is 10.2 Å². The maximum atomic E-state index is 13.3. The molecule has 3 rings (SSSR count). The second kappa shape index (κ2) is 10.5. The second-order valence-electron chi connectivity index (χ2n) is 5.94. The molecule has 0 aliphatic rings. The standard InChI is InChI=1S/C19H16Cl2N4O3S3/c1-2-10-29-19-24-23-18(30-19)22-17(26)12-25(13-8-9-15(20)16(21)11-13)31(27,28)14-6-4-3-5-7-14/h2-9,11H,1,10,12H2,(H,22,23,26). The molecule has 0 unspecified atom stereocenters. The van der Waals surface area contributed by atoms with Crippen LogP contribution in [0.4, 0.5) is 10.8 Å². The number of thioether (sulfide) groups is 1. The first-order valence-corrected chi connectivity index (χ1v) is 12.7. The SMILES string of the molecule is C=CCSc1nnc(NC(=O)CN(c2ccc(Cl)c(Cl)c2)S(=O)(=O)c2ccccc2)s1. The molecule has 0 radical (unpaired) electrons. The number of amides is 1. The molecule has 2 aromatic carbocycles. The maximum absolute atomic E-state index is 13.3. The summed E-state index contributed by atoms with van der Waals surface area (Å²) < 4.78 is 28.2. The van der Waals surface area contributed by atoms with Crippen LogP contribution in [0.1, 0.15) is 0 Å². The molecule has 0 bridgehead atoms. The van der Waals surface area contributed by atoms with Crippen molar-refractivity contribution < 1.29 is 13.2 Å². The maximum Gasteiger partial charge on any atom is 0.264 e. The van der Waals surface area contributed by atoms with Gasteiger partial charge in [0.1, 0.15) is 6.54 Å². The van der Waals surface area contributed by atoms with Crippen LogP contribution in [0.5, 0.6) is 0 Å². The smallest absolute Gasteiger partial charge is 0.264 e. The summed E-state index contributed by atoms with van der Waals surface area (Å²) in [6, 6.07) is 12.2. The lowest BCUT2D eigenvalue weighted by Gasteiger charge is -2.24. The van der Waals surface area contributed by atoms with Gasteiger partial charge < -0.3 is 0 Å². The Hall–Kier alpha value is -2.11. The molecule has 0 spiro atoms. The first-order valence-electron chi connectivity index (χ1n) is 8.71. The Morgan fingerprint density at radius 2 is 1.90 bits per heavy atom. The number of carbonyl (C=O) groups excluding carboxylic acids is 1. The molecule has 1 amide bonds. The van der Waals surface area contributed by atoms with E-state index in [4.69, 9.17) is 23.2 Å². The lowest BCUT2D eigenvalue weighted by molar-refractivity contribution is -0.114. The molecule has 0 aliphatic heterocycles. The van der Waals surface area contributed by atoms with Crippen LogP contribution in [0.3, 0.4) is 0 Å². The van der Waals surface area contributed by atoms with Crippen LogP contribution >= 0.6 is 46.3 Å². The van der Waals surface area contributed by atoms with Gasteiger partial charge in [0.05, 0.1) is 20.6 Å². The van der Waals surface area contributed by atoms with Crippen molar-refractivity contribution in [2.45, 2.75) is 9.24 Å². The summed E-state index contributed by atoms with van der Waals surface area (Å²) in [4.78, 5) is 12.7. The largest absolute Gasteiger partial charge is 0.299 e. The van der Waals surface area contributed by atoms with Gasteiger partial charge in [0.15, 0.2) is 4.34 Å². The lowest BCUT2D eigenvalue weighted by Crippen LogP contribution is -2.38. The highest BCUT2D eigenvalue weighted by Crippen LogP contribution is 2.31. The van der Waals surface area contributed by atoms with Crippen molar-refractivity contribution in [3.63, 3.8) is 0 Å². The van der Waals surface area contributed by atoms with Crippen LogP contribution in [0, 0.1) is 0 Å². The molecular formula is C19H16Cl2N4O3S3. The summed E-state index contributed by atoms with van der Waals surface area (Å²) in [7, 11) is -4.05. The van der Waals surface area contributed by atoms with Gasteiger partial charge in [-0.3, -0.25) is 14.4 Å². The van der Waals surface area contributed by atoms with Crippen molar-refractivity contribution in [2.24, 2.45) is 0 Å². The molecule has 1 heterocycles. The number of sulfonamides is 1. The summed E-state index contributed by atoms with van der Waals surface area (Å²) in [5, 5.41) is 11.2. The zero-order valence-corrected chi connectivity index (χ0v) is 19.8. The van der Waals surface area contributed by atoms with Gasteiger partial charge in [0, 0.05) is 5.75 Å². The fourth-order valence-corrected chi connectivity index (χ4v) is 5.67. The zero-order valence-electron chi connectivity index (χ0n) is 15.9. The monoisotopic (exact) mass is 514 g/mol. The highest BCUT2D eigenvalue weighted by Gasteiger charge is 2.28. The average molecular weight is 515 g/mol. The Balaban J connectivity index is 1.87. The van der Waals surface area contributed by atoms with Crippen molar-refractivity contribution in [3.8, 4) is 0 Å².